The molecule has 0 bridgehead atoms. The van der Waals surface area contributed by atoms with E-state index in [1.807, 2.05) is 30.3 Å². The van der Waals surface area contributed by atoms with E-state index in [0.717, 1.165) is 17.7 Å². The Kier molecular flexibility index (Phi) is 5.73. The Morgan fingerprint density at radius 3 is 2.45 bits per heavy atom. The lowest BCUT2D eigenvalue weighted by atomic mass is 10.1. The van der Waals surface area contributed by atoms with Crippen molar-refractivity contribution in [1.29, 1.82) is 0 Å². The van der Waals surface area contributed by atoms with Crippen LogP contribution in [-0.2, 0) is 22.6 Å². The minimum atomic E-state index is -0.131. The molecule has 2 aromatic rings. The van der Waals surface area contributed by atoms with Crippen LogP contribution in [0.15, 0.2) is 42.5 Å². The number of rotatable bonds is 6. The van der Waals surface area contributed by atoms with E-state index in [0.29, 0.717) is 6.61 Å². The molecule has 0 aliphatic carbocycles. The number of hydrogen-bond donors (Lipinski definition) is 1. The van der Waals surface area contributed by atoms with Crippen LogP contribution in [0.2, 0.25) is 0 Å². The Bertz CT molecular complexity index is 632. The monoisotopic (exact) mass is 297 g/mol. The van der Waals surface area contributed by atoms with Crippen molar-refractivity contribution < 1.29 is 9.53 Å². The van der Waals surface area contributed by atoms with Crippen LogP contribution in [0.4, 0.5) is 5.69 Å². The van der Waals surface area contributed by atoms with E-state index in [9.17, 15) is 4.79 Å². The number of benzene rings is 2. The smallest absolute Gasteiger partial charge is 0.250 e. The maximum atomic E-state index is 11.9. The summed E-state index contributed by atoms with van der Waals surface area (Å²) in [6.07, 6.45) is 0.993. The SMILES string of the molecule is CCc1ccc(NC(=O)COCc2ccc(C)cc2C)cc1. The van der Waals surface area contributed by atoms with Gasteiger partial charge >= 0.3 is 0 Å². The molecule has 0 fully saturated rings. The highest BCUT2D eigenvalue weighted by Gasteiger charge is 2.04. The van der Waals surface area contributed by atoms with Gasteiger partial charge in [-0.15, -0.1) is 0 Å². The summed E-state index contributed by atoms with van der Waals surface area (Å²) in [5.41, 5.74) is 5.59. The number of hydrogen-bond acceptors (Lipinski definition) is 2. The maximum Gasteiger partial charge on any atom is 0.250 e. The summed E-state index contributed by atoms with van der Waals surface area (Å²) in [6, 6.07) is 14.1. The van der Waals surface area contributed by atoms with Crippen LogP contribution in [-0.4, -0.2) is 12.5 Å². The molecule has 0 aliphatic heterocycles. The minimum absolute atomic E-state index is 0.0584. The van der Waals surface area contributed by atoms with Crippen LogP contribution < -0.4 is 5.32 Å². The Balaban J connectivity index is 1.79. The third-order valence-electron chi connectivity index (χ3n) is 3.63. The van der Waals surface area contributed by atoms with Gasteiger partial charge in [-0.2, -0.15) is 0 Å². The number of anilines is 1. The quantitative estimate of drug-likeness (QED) is 0.874. The van der Waals surface area contributed by atoms with E-state index in [4.69, 9.17) is 4.74 Å². The fraction of sp³-hybridized carbons (Fsp3) is 0.316. The van der Waals surface area contributed by atoms with Gasteiger partial charge in [0.1, 0.15) is 6.61 Å². The van der Waals surface area contributed by atoms with Crippen LogP contribution in [0.3, 0.4) is 0 Å². The maximum absolute atomic E-state index is 11.9. The molecule has 0 radical (unpaired) electrons. The fourth-order valence-electron chi connectivity index (χ4n) is 2.28. The van der Waals surface area contributed by atoms with Crippen molar-refractivity contribution in [3.8, 4) is 0 Å². The Labute approximate surface area is 132 Å². The standard InChI is InChI=1S/C19H23NO2/c1-4-16-6-9-18(10-7-16)20-19(21)13-22-12-17-8-5-14(2)11-15(17)3/h5-11H,4,12-13H2,1-3H3,(H,20,21). The summed E-state index contributed by atoms with van der Waals surface area (Å²) < 4.78 is 5.51. The average molecular weight is 297 g/mol. The van der Waals surface area contributed by atoms with E-state index >= 15 is 0 Å². The number of nitrogens with one attached hydrogen (secondary N) is 1. The molecule has 22 heavy (non-hydrogen) atoms. The molecule has 0 heterocycles. The van der Waals surface area contributed by atoms with Crippen LogP contribution in [0.1, 0.15) is 29.2 Å². The van der Waals surface area contributed by atoms with Gasteiger partial charge in [0, 0.05) is 5.69 Å². The lowest BCUT2D eigenvalue weighted by Gasteiger charge is -2.09. The van der Waals surface area contributed by atoms with Crippen LogP contribution in [0, 0.1) is 13.8 Å². The van der Waals surface area contributed by atoms with Crippen molar-refractivity contribution in [2.45, 2.75) is 33.8 Å². The number of amides is 1. The van der Waals surface area contributed by atoms with Gasteiger partial charge in [-0.05, 0) is 49.1 Å². The molecule has 0 unspecified atom stereocenters. The van der Waals surface area contributed by atoms with Crippen molar-refractivity contribution in [2.24, 2.45) is 0 Å². The predicted octanol–water partition coefficient (Wildman–Crippen LogP) is 4.02. The summed E-state index contributed by atoms with van der Waals surface area (Å²) >= 11 is 0. The van der Waals surface area contributed by atoms with Crippen molar-refractivity contribution >= 4 is 11.6 Å². The van der Waals surface area contributed by atoms with Crippen molar-refractivity contribution in [3.05, 3.63) is 64.7 Å². The van der Waals surface area contributed by atoms with Gasteiger partial charge in [0.15, 0.2) is 0 Å². The summed E-state index contributed by atoms with van der Waals surface area (Å²) in [5, 5.41) is 2.84. The highest BCUT2D eigenvalue weighted by molar-refractivity contribution is 5.91. The Hall–Kier alpha value is -2.13. The van der Waals surface area contributed by atoms with Gasteiger partial charge in [0.05, 0.1) is 6.61 Å². The molecule has 116 valence electrons. The van der Waals surface area contributed by atoms with Gasteiger partial charge < -0.3 is 10.1 Å². The third kappa shape index (κ3) is 4.71. The molecule has 2 aromatic carbocycles. The molecular formula is C19H23NO2. The number of aryl methyl sites for hydroxylation is 3. The highest BCUT2D eigenvalue weighted by atomic mass is 16.5. The molecule has 0 aliphatic rings. The predicted molar refractivity (Wildman–Crippen MR) is 90.0 cm³/mol. The second kappa shape index (κ2) is 7.76. The number of ether oxygens (including phenoxy) is 1. The van der Waals surface area contributed by atoms with Crippen LogP contribution in [0.5, 0.6) is 0 Å². The Morgan fingerprint density at radius 2 is 1.82 bits per heavy atom. The largest absolute Gasteiger partial charge is 0.367 e. The van der Waals surface area contributed by atoms with Gasteiger partial charge in [-0.25, -0.2) is 0 Å². The summed E-state index contributed by atoms with van der Waals surface area (Å²) in [4.78, 5) is 11.9. The number of carbonyl (C=O) groups is 1. The third-order valence-corrected chi connectivity index (χ3v) is 3.63. The fourth-order valence-corrected chi connectivity index (χ4v) is 2.28. The molecule has 1 amide bonds. The molecule has 1 N–H and O–H groups in total. The first-order valence-electron chi connectivity index (χ1n) is 7.61. The van der Waals surface area contributed by atoms with Gasteiger partial charge in [0.25, 0.3) is 0 Å². The lowest BCUT2D eigenvalue weighted by molar-refractivity contribution is -0.121. The second-order valence-electron chi connectivity index (χ2n) is 5.52. The molecule has 0 saturated carbocycles. The van der Waals surface area contributed by atoms with Crippen LogP contribution >= 0.6 is 0 Å². The normalized spacial score (nSPS) is 10.5. The van der Waals surface area contributed by atoms with E-state index in [1.54, 1.807) is 0 Å². The van der Waals surface area contributed by atoms with E-state index in [-0.39, 0.29) is 12.5 Å². The first-order valence-corrected chi connectivity index (χ1v) is 7.61. The molecule has 0 atom stereocenters. The minimum Gasteiger partial charge on any atom is -0.367 e. The second-order valence-corrected chi connectivity index (χ2v) is 5.52. The van der Waals surface area contributed by atoms with Gasteiger partial charge in [-0.1, -0.05) is 42.8 Å². The Morgan fingerprint density at radius 1 is 1.09 bits per heavy atom. The number of carbonyl (C=O) groups excluding carboxylic acids is 1. The average Bonchev–Trinajstić information content (AvgIpc) is 2.50. The molecule has 0 spiro atoms. The molecule has 0 aromatic heterocycles. The highest BCUT2D eigenvalue weighted by Crippen LogP contribution is 2.12. The molecule has 3 nitrogen and oxygen atoms in total. The van der Waals surface area contributed by atoms with Gasteiger partial charge in [-0.3, -0.25) is 4.79 Å². The zero-order valence-corrected chi connectivity index (χ0v) is 13.5. The van der Waals surface area contributed by atoms with E-state index in [2.05, 4.69) is 38.2 Å². The van der Waals surface area contributed by atoms with Crippen molar-refractivity contribution in [3.63, 3.8) is 0 Å². The molecule has 0 saturated heterocycles. The van der Waals surface area contributed by atoms with Gasteiger partial charge in [0.2, 0.25) is 5.91 Å². The first-order chi connectivity index (χ1) is 10.6. The van der Waals surface area contributed by atoms with E-state index in [1.165, 1.54) is 16.7 Å². The van der Waals surface area contributed by atoms with Crippen molar-refractivity contribution in [1.82, 2.24) is 0 Å². The topological polar surface area (TPSA) is 38.3 Å². The van der Waals surface area contributed by atoms with Crippen LogP contribution in [0.25, 0.3) is 0 Å². The summed E-state index contributed by atoms with van der Waals surface area (Å²) in [5.74, 6) is -0.131. The molecule has 2 rings (SSSR count). The zero-order chi connectivity index (χ0) is 15.9. The first kappa shape index (κ1) is 16.2. The van der Waals surface area contributed by atoms with E-state index < -0.39 is 0 Å². The van der Waals surface area contributed by atoms with Crippen molar-refractivity contribution in [2.75, 3.05) is 11.9 Å². The zero-order valence-electron chi connectivity index (χ0n) is 13.5. The molecular weight excluding hydrogens is 274 g/mol. The summed E-state index contributed by atoms with van der Waals surface area (Å²) in [7, 11) is 0. The summed E-state index contributed by atoms with van der Waals surface area (Å²) in [6.45, 7) is 6.74. The lowest BCUT2D eigenvalue weighted by Crippen LogP contribution is -2.18. The molecule has 3 heteroatoms.